The second-order valence-corrected chi connectivity index (χ2v) is 8.56. The van der Waals surface area contributed by atoms with Gasteiger partial charge in [0.2, 0.25) is 5.91 Å². The number of carbonyl (C=O) groups excluding carboxylic acids is 1. The van der Waals surface area contributed by atoms with E-state index in [0.29, 0.717) is 11.7 Å². The van der Waals surface area contributed by atoms with Crippen LogP contribution in [-0.4, -0.2) is 27.7 Å². The fourth-order valence-electron chi connectivity index (χ4n) is 4.08. The number of likely N-dealkylation sites (N-methyl/N-ethyl adjacent to an activating group) is 1. The first kappa shape index (κ1) is 19.3. The molecule has 0 fully saturated rings. The predicted molar refractivity (Wildman–Crippen MR) is 112 cm³/mol. The largest absolute Gasteiger partial charge is 0.299 e. The molecular weight excluding hydrogens is 367 g/mol. The van der Waals surface area contributed by atoms with Crippen LogP contribution < -0.4 is 4.90 Å². The van der Waals surface area contributed by atoms with Crippen LogP contribution in [0, 0.1) is 11.7 Å². The van der Waals surface area contributed by atoms with E-state index in [-0.39, 0.29) is 11.7 Å². The summed E-state index contributed by atoms with van der Waals surface area (Å²) >= 11 is 0. The van der Waals surface area contributed by atoms with Crippen molar-refractivity contribution in [3.8, 4) is 22.4 Å². The smallest absolute Gasteiger partial charge is 0.238 e. The van der Waals surface area contributed by atoms with Gasteiger partial charge in [0, 0.05) is 42.7 Å². The molecule has 0 bridgehead atoms. The fraction of sp³-hybridized carbons (Fsp3) is 0.348. The van der Waals surface area contributed by atoms with Gasteiger partial charge in [0.05, 0.1) is 5.41 Å². The summed E-state index contributed by atoms with van der Waals surface area (Å²) in [5.74, 6) is 0.843. The van der Waals surface area contributed by atoms with E-state index < -0.39 is 5.41 Å². The molecule has 29 heavy (non-hydrogen) atoms. The van der Waals surface area contributed by atoms with Gasteiger partial charge in [-0.3, -0.25) is 14.4 Å². The summed E-state index contributed by atoms with van der Waals surface area (Å²) in [6.07, 6.45) is 3.75. The highest BCUT2D eigenvalue weighted by Gasteiger charge is 2.45. The second-order valence-electron chi connectivity index (χ2n) is 8.56. The summed E-state index contributed by atoms with van der Waals surface area (Å²) in [5, 5.41) is 4.81. The lowest BCUT2D eigenvalue weighted by atomic mass is 9.82. The van der Waals surface area contributed by atoms with Crippen LogP contribution >= 0.6 is 0 Å². The van der Waals surface area contributed by atoms with Crippen LogP contribution in [0.3, 0.4) is 0 Å². The first-order valence-corrected chi connectivity index (χ1v) is 9.81. The molecule has 0 unspecified atom stereocenters. The normalized spacial score (nSPS) is 15.3. The van der Waals surface area contributed by atoms with Crippen molar-refractivity contribution in [2.24, 2.45) is 5.92 Å². The Bertz CT molecular complexity index is 1080. The molecule has 3 aromatic rings. The van der Waals surface area contributed by atoms with Crippen LogP contribution in [0.4, 0.5) is 10.2 Å². The zero-order valence-electron chi connectivity index (χ0n) is 17.4. The van der Waals surface area contributed by atoms with E-state index in [9.17, 15) is 9.18 Å². The van der Waals surface area contributed by atoms with E-state index in [1.807, 2.05) is 30.8 Å². The molecule has 2 aromatic heterocycles. The number of carbonyl (C=O) groups is 1. The average molecular weight is 392 g/mol. The standard InChI is InChI=1S/C23H25FN4O/c1-14(2)12-28-13-18(20(26-28)15-6-8-16(24)9-7-15)17-10-11-25-21-19(17)23(3,4)22(29)27(21)5/h6-11,13-14H,12H2,1-5H3. The van der Waals surface area contributed by atoms with Crippen molar-refractivity contribution in [2.45, 2.75) is 39.7 Å². The van der Waals surface area contributed by atoms with Gasteiger partial charge in [-0.2, -0.15) is 5.10 Å². The van der Waals surface area contributed by atoms with Gasteiger partial charge in [0.1, 0.15) is 17.3 Å². The van der Waals surface area contributed by atoms with Crippen molar-refractivity contribution in [1.29, 1.82) is 0 Å². The molecular formula is C23H25FN4O. The van der Waals surface area contributed by atoms with Crippen LogP contribution in [0.15, 0.2) is 42.7 Å². The molecule has 0 saturated carbocycles. The Labute approximate surface area is 170 Å². The van der Waals surface area contributed by atoms with Crippen LogP contribution in [0.1, 0.15) is 33.3 Å². The third-order valence-corrected chi connectivity index (χ3v) is 5.43. The number of amides is 1. The van der Waals surface area contributed by atoms with E-state index in [4.69, 9.17) is 5.10 Å². The number of hydrogen-bond donors (Lipinski definition) is 0. The van der Waals surface area contributed by atoms with E-state index in [1.54, 1.807) is 30.3 Å². The Morgan fingerprint density at radius 1 is 1.10 bits per heavy atom. The number of benzene rings is 1. The maximum Gasteiger partial charge on any atom is 0.238 e. The molecule has 5 nitrogen and oxygen atoms in total. The number of rotatable bonds is 4. The molecule has 1 aromatic carbocycles. The Morgan fingerprint density at radius 2 is 1.79 bits per heavy atom. The van der Waals surface area contributed by atoms with E-state index in [2.05, 4.69) is 18.8 Å². The summed E-state index contributed by atoms with van der Waals surface area (Å²) < 4.78 is 15.4. The van der Waals surface area contributed by atoms with Crippen LogP contribution in [0.25, 0.3) is 22.4 Å². The van der Waals surface area contributed by atoms with Crippen molar-refractivity contribution >= 4 is 11.7 Å². The van der Waals surface area contributed by atoms with Gasteiger partial charge in [-0.1, -0.05) is 13.8 Å². The van der Waals surface area contributed by atoms with Gasteiger partial charge in [-0.15, -0.1) is 0 Å². The maximum absolute atomic E-state index is 13.5. The highest BCUT2D eigenvalue weighted by atomic mass is 19.1. The summed E-state index contributed by atoms with van der Waals surface area (Å²) in [6.45, 7) is 8.90. The molecule has 1 aliphatic heterocycles. The van der Waals surface area contributed by atoms with Crippen molar-refractivity contribution in [3.05, 3.63) is 54.1 Å². The zero-order valence-corrected chi connectivity index (χ0v) is 17.4. The molecule has 1 amide bonds. The highest BCUT2D eigenvalue weighted by Crippen LogP contribution is 2.46. The Morgan fingerprint density at radius 3 is 2.45 bits per heavy atom. The number of anilines is 1. The van der Waals surface area contributed by atoms with Gasteiger partial charge >= 0.3 is 0 Å². The SMILES string of the molecule is CC(C)Cn1cc(-c2ccnc3c2C(C)(C)C(=O)N3C)c(-c2ccc(F)cc2)n1. The number of aromatic nitrogens is 3. The summed E-state index contributed by atoms with van der Waals surface area (Å²) in [4.78, 5) is 18.9. The highest BCUT2D eigenvalue weighted by molar-refractivity contribution is 6.08. The second kappa shape index (κ2) is 6.79. The summed E-state index contributed by atoms with van der Waals surface area (Å²) in [5.41, 5.74) is 3.69. The van der Waals surface area contributed by atoms with E-state index >= 15 is 0 Å². The van der Waals surface area contributed by atoms with Gasteiger partial charge in [-0.25, -0.2) is 9.37 Å². The van der Waals surface area contributed by atoms with Crippen LogP contribution in [0.2, 0.25) is 0 Å². The molecule has 0 atom stereocenters. The first-order valence-electron chi connectivity index (χ1n) is 9.81. The number of pyridine rings is 1. The molecule has 4 rings (SSSR count). The molecule has 150 valence electrons. The van der Waals surface area contributed by atoms with E-state index in [1.165, 1.54) is 12.1 Å². The number of nitrogens with zero attached hydrogens (tertiary/aromatic N) is 4. The van der Waals surface area contributed by atoms with Gasteiger partial charge in [0.25, 0.3) is 0 Å². The topological polar surface area (TPSA) is 51.0 Å². The number of fused-ring (bicyclic) bond motifs is 1. The molecule has 0 N–H and O–H groups in total. The molecule has 0 aliphatic carbocycles. The molecule has 0 saturated heterocycles. The minimum Gasteiger partial charge on any atom is -0.299 e. The van der Waals surface area contributed by atoms with Gasteiger partial charge < -0.3 is 0 Å². The third-order valence-electron chi connectivity index (χ3n) is 5.43. The molecule has 0 radical (unpaired) electrons. The van der Waals surface area contributed by atoms with Crippen LogP contribution in [0.5, 0.6) is 0 Å². The molecule has 0 spiro atoms. The minimum atomic E-state index is -0.687. The Kier molecular flexibility index (Phi) is 4.52. The maximum atomic E-state index is 13.5. The Hall–Kier alpha value is -3.02. The van der Waals surface area contributed by atoms with Gasteiger partial charge in [-0.05, 0) is 55.7 Å². The predicted octanol–water partition coefficient (Wildman–Crippen LogP) is 4.66. The van der Waals surface area contributed by atoms with Crippen molar-refractivity contribution < 1.29 is 9.18 Å². The summed E-state index contributed by atoms with van der Waals surface area (Å²) in [7, 11) is 1.76. The van der Waals surface area contributed by atoms with Crippen LogP contribution in [-0.2, 0) is 16.8 Å². The summed E-state index contributed by atoms with van der Waals surface area (Å²) in [6, 6.07) is 8.31. The van der Waals surface area contributed by atoms with Crippen molar-refractivity contribution in [1.82, 2.24) is 14.8 Å². The van der Waals surface area contributed by atoms with E-state index in [0.717, 1.165) is 34.5 Å². The Balaban J connectivity index is 1.96. The average Bonchev–Trinajstić information content (AvgIpc) is 3.16. The van der Waals surface area contributed by atoms with Gasteiger partial charge in [0.15, 0.2) is 0 Å². The number of halogens is 1. The zero-order chi connectivity index (χ0) is 20.9. The number of hydrogen-bond acceptors (Lipinski definition) is 3. The molecule has 1 aliphatic rings. The third kappa shape index (κ3) is 3.12. The fourth-order valence-corrected chi connectivity index (χ4v) is 4.08. The monoisotopic (exact) mass is 392 g/mol. The lowest BCUT2D eigenvalue weighted by molar-refractivity contribution is -0.121. The van der Waals surface area contributed by atoms with Crippen molar-refractivity contribution in [3.63, 3.8) is 0 Å². The first-order chi connectivity index (χ1) is 13.7. The minimum absolute atomic E-state index is 0.0188. The van der Waals surface area contributed by atoms with Crippen molar-refractivity contribution in [2.75, 3.05) is 11.9 Å². The lowest BCUT2D eigenvalue weighted by Crippen LogP contribution is -2.33. The lowest BCUT2D eigenvalue weighted by Gasteiger charge is -2.19. The molecule has 3 heterocycles. The molecule has 6 heteroatoms. The quantitative estimate of drug-likeness (QED) is 0.649.